The molecule has 0 fully saturated rings. The predicted molar refractivity (Wildman–Crippen MR) is 89.3 cm³/mol. The maximum absolute atomic E-state index is 6.09. The van der Waals surface area contributed by atoms with Crippen LogP contribution in [-0.2, 0) is 5.88 Å². The average molecular weight is 309 g/mol. The first kappa shape index (κ1) is 16.2. The van der Waals surface area contributed by atoms with Gasteiger partial charge in [0.15, 0.2) is 0 Å². The van der Waals surface area contributed by atoms with E-state index in [1.165, 1.54) is 32.1 Å². The Labute approximate surface area is 132 Å². The van der Waals surface area contributed by atoms with Gasteiger partial charge in [-0.05, 0) is 25.5 Å². The Kier molecular flexibility index (Phi) is 5.92. The van der Waals surface area contributed by atoms with Crippen molar-refractivity contribution in [1.29, 1.82) is 0 Å². The van der Waals surface area contributed by atoms with E-state index in [0.717, 1.165) is 22.6 Å². The summed E-state index contributed by atoms with van der Waals surface area (Å²) in [5, 5.41) is 0. The number of hydrogen-bond donors (Lipinski definition) is 0. The minimum absolute atomic E-state index is 0.425. The van der Waals surface area contributed by atoms with E-state index in [0.29, 0.717) is 11.9 Å². The first-order valence-electron chi connectivity index (χ1n) is 7.82. The first-order chi connectivity index (χ1) is 10.2. The summed E-state index contributed by atoms with van der Waals surface area (Å²) in [6.45, 7) is 4.50. The van der Waals surface area contributed by atoms with E-state index < -0.39 is 0 Å². The fourth-order valence-corrected chi connectivity index (χ4v) is 3.03. The topological polar surface area (TPSA) is 27.1 Å². The molecule has 2 aromatic rings. The molecule has 4 heteroatoms. The Hall–Kier alpha value is -1.22. The lowest BCUT2D eigenvalue weighted by Crippen LogP contribution is -2.08. The number of alkyl halides is 1. The van der Waals surface area contributed by atoms with Crippen LogP contribution >= 0.6 is 11.6 Å². The third-order valence-electron chi connectivity index (χ3n) is 4.01. The first-order valence-corrected chi connectivity index (χ1v) is 8.35. The van der Waals surface area contributed by atoms with Gasteiger partial charge in [-0.1, -0.05) is 32.6 Å². The summed E-state index contributed by atoms with van der Waals surface area (Å²) >= 11 is 6.09. The molecule has 0 aliphatic rings. The van der Waals surface area contributed by atoms with Gasteiger partial charge in [-0.15, -0.1) is 11.6 Å². The Balaban J connectivity index is 2.24. The molecule has 0 N–H and O–H groups in total. The number of nitrogens with zero attached hydrogens (tertiary/aromatic N) is 2. The third-order valence-corrected chi connectivity index (χ3v) is 4.24. The van der Waals surface area contributed by atoms with Gasteiger partial charge in [0.1, 0.15) is 11.6 Å². The van der Waals surface area contributed by atoms with Crippen LogP contribution in [0.25, 0.3) is 11.0 Å². The molecule has 2 rings (SSSR count). The lowest BCUT2D eigenvalue weighted by Gasteiger charge is -2.17. The van der Waals surface area contributed by atoms with Crippen molar-refractivity contribution in [1.82, 2.24) is 9.55 Å². The number of fused-ring (bicyclic) bond motifs is 1. The largest absolute Gasteiger partial charge is 0.497 e. The molecule has 0 spiro atoms. The van der Waals surface area contributed by atoms with Crippen molar-refractivity contribution in [3.05, 3.63) is 24.0 Å². The maximum Gasteiger partial charge on any atom is 0.125 e. The lowest BCUT2D eigenvalue weighted by atomic mass is 10.1. The quantitative estimate of drug-likeness (QED) is 0.488. The summed E-state index contributed by atoms with van der Waals surface area (Å²) < 4.78 is 7.56. The zero-order valence-electron chi connectivity index (χ0n) is 13.2. The molecule has 3 nitrogen and oxygen atoms in total. The number of aromatic nitrogens is 2. The number of rotatable bonds is 8. The number of methoxy groups -OCH3 is 1. The fraction of sp³-hybridized carbons (Fsp3) is 0.588. The number of benzene rings is 1. The van der Waals surface area contributed by atoms with Crippen LogP contribution in [0.15, 0.2) is 18.2 Å². The number of ether oxygens (including phenoxy) is 1. The molecule has 1 atom stereocenters. The SMILES string of the molecule is CCCCCCC(C)n1c(CCl)nc2cc(OC)ccc21. The van der Waals surface area contributed by atoms with Crippen LogP contribution in [0.5, 0.6) is 5.75 Å². The van der Waals surface area contributed by atoms with Gasteiger partial charge in [0, 0.05) is 12.1 Å². The predicted octanol–water partition coefficient (Wildman–Crippen LogP) is 5.32. The van der Waals surface area contributed by atoms with Crippen LogP contribution in [0.1, 0.15) is 57.8 Å². The molecule has 116 valence electrons. The summed E-state index contributed by atoms with van der Waals surface area (Å²) in [5.74, 6) is 2.22. The van der Waals surface area contributed by atoms with E-state index in [1.54, 1.807) is 7.11 Å². The molecule has 1 aromatic heterocycles. The van der Waals surface area contributed by atoms with Crippen molar-refractivity contribution in [2.24, 2.45) is 0 Å². The highest BCUT2D eigenvalue weighted by molar-refractivity contribution is 6.16. The van der Waals surface area contributed by atoms with E-state index in [9.17, 15) is 0 Å². The van der Waals surface area contributed by atoms with Gasteiger partial charge in [0.25, 0.3) is 0 Å². The zero-order chi connectivity index (χ0) is 15.2. The minimum Gasteiger partial charge on any atom is -0.497 e. The highest BCUT2D eigenvalue weighted by atomic mass is 35.5. The van der Waals surface area contributed by atoms with Crippen LogP contribution in [0.3, 0.4) is 0 Å². The van der Waals surface area contributed by atoms with Gasteiger partial charge in [-0.25, -0.2) is 4.98 Å². The normalized spacial score (nSPS) is 12.8. The van der Waals surface area contributed by atoms with Crippen LogP contribution in [0, 0.1) is 0 Å². The van der Waals surface area contributed by atoms with E-state index in [2.05, 4.69) is 29.5 Å². The second-order valence-corrected chi connectivity index (χ2v) is 5.85. The van der Waals surface area contributed by atoms with E-state index >= 15 is 0 Å². The molecule has 0 saturated carbocycles. The van der Waals surface area contributed by atoms with Gasteiger partial charge < -0.3 is 9.30 Å². The number of hydrogen-bond acceptors (Lipinski definition) is 2. The number of unbranched alkanes of at least 4 members (excludes halogenated alkanes) is 3. The van der Waals surface area contributed by atoms with Crippen molar-refractivity contribution in [2.75, 3.05) is 7.11 Å². The Morgan fingerprint density at radius 2 is 2.10 bits per heavy atom. The maximum atomic E-state index is 6.09. The summed E-state index contributed by atoms with van der Waals surface area (Å²) in [6, 6.07) is 6.47. The highest BCUT2D eigenvalue weighted by Crippen LogP contribution is 2.28. The Morgan fingerprint density at radius 3 is 2.76 bits per heavy atom. The summed E-state index contributed by atoms with van der Waals surface area (Å²) in [7, 11) is 1.68. The molecule has 0 aliphatic heterocycles. The summed E-state index contributed by atoms with van der Waals surface area (Å²) in [4.78, 5) is 4.66. The molecular formula is C17H25ClN2O. The second-order valence-electron chi connectivity index (χ2n) is 5.58. The Morgan fingerprint density at radius 1 is 1.29 bits per heavy atom. The van der Waals surface area contributed by atoms with Gasteiger partial charge in [0.2, 0.25) is 0 Å². The minimum atomic E-state index is 0.425. The highest BCUT2D eigenvalue weighted by Gasteiger charge is 2.15. The summed E-state index contributed by atoms with van der Waals surface area (Å²) in [6.07, 6.45) is 6.32. The van der Waals surface area contributed by atoms with Crippen molar-refractivity contribution in [2.45, 2.75) is 57.9 Å². The molecule has 1 heterocycles. The molecular weight excluding hydrogens is 284 g/mol. The summed E-state index contributed by atoms with van der Waals surface area (Å²) in [5.41, 5.74) is 2.11. The van der Waals surface area contributed by atoms with Crippen molar-refractivity contribution < 1.29 is 4.74 Å². The standard InChI is InChI=1S/C17H25ClN2O/c1-4-5-6-7-8-13(2)20-16-10-9-14(21-3)11-15(16)19-17(20)12-18/h9-11,13H,4-8,12H2,1-3H3. The zero-order valence-corrected chi connectivity index (χ0v) is 14.0. The molecule has 0 amide bonds. The molecule has 1 aromatic carbocycles. The molecule has 0 bridgehead atoms. The molecule has 0 saturated heterocycles. The molecule has 0 radical (unpaired) electrons. The van der Waals surface area contributed by atoms with Crippen LogP contribution in [0.2, 0.25) is 0 Å². The smallest absolute Gasteiger partial charge is 0.125 e. The van der Waals surface area contributed by atoms with E-state index in [-0.39, 0.29) is 0 Å². The van der Waals surface area contributed by atoms with Crippen LogP contribution in [0.4, 0.5) is 0 Å². The number of halogens is 1. The van der Waals surface area contributed by atoms with E-state index in [1.807, 2.05) is 12.1 Å². The van der Waals surface area contributed by atoms with Gasteiger partial charge in [-0.3, -0.25) is 0 Å². The monoisotopic (exact) mass is 308 g/mol. The van der Waals surface area contributed by atoms with Gasteiger partial charge >= 0.3 is 0 Å². The van der Waals surface area contributed by atoms with Crippen LogP contribution in [-0.4, -0.2) is 16.7 Å². The molecule has 0 aliphatic carbocycles. The van der Waals surface area contributed by atoms with Gasteiger partial charge in [-0.2, -0.15) is 0 Å². The fourth-order valence-electron chi connectivity index (χ4n) is 2.84. The third kappa shape index (κ3) is 3.70. The number of imidazole rings is 1. The van der Waals surface area contributed by atoms with Crippen molar-refractivity contribution >= 4 is 22.6 Å². The molecule has 21 heavy (non-hydrogen) atoms. The lowest BCUT2D eigenvalue weighted by molar-refractivity contribution is 0.415. The van der Waals surface area contributed by atoms with Crippen molar-refractivity contribution in [3.63, 3.8) is 0 Å². The van der Waals surface area contributed by atoms with Gasteiger partial charge in [0.05, 0.1) is 24.0 Å². The van der Waals surface area contributed by atoms with Crippen LogP contribution < -0.4 is 4.74 Å². The Bertz CT molecular complexity index is 579. The average Bonchev–Trinajstić information content (AvgIpc) is 2.88. The molecule has 1 unspecified atom stereocenters. The second kappa shape index (κ2) is 7.69. The van der Waals surface area contributed by atoms with Crippen molar-refractivity contribution in [3.8, 4) is 5.75 Å². The van der Waals surface area contributed by atoms with E-state index in [4.69, 9.17) is 16.3 Å².